The molecule has 0 aliphatic rings. The van der Waals surface area contributed by atoms with Crippen LogP contribution in [0.4, 0.5) is 0 Å². The van der Waals surface area contributed by atoms with Gasteiger partial charge in [0.2, 0.25) is 0 Å². The standard InChI is InChI=1S/C5H9NO2/c1-4(2)5(7)6(3)8/h6H,1H2,2-3H3. The van der Waals surface area contributed by atoms with Gasteiger partial charge in [0.1, 0.15) is 0 Å². The smallest absolute Gasteiger partial charge is 0.339 e. The molecule has 0 saturated carbocycles. The summed E-state index contributed by atoms with van der Waals surface area (Å²) in [6.07, 6.45) is 0. The lowest BCUT2D eigenvalue weighted by Gasteiger charge is -2.11. The number of nitrogens with one attached hydrogen (secondary N) is 1. The van der Waals surface area contributed by atoms with Crippen molar-refractivity contribution in [3.63, 3.8) is 0 Å². The molecule has 1 amide bonds. The summed E-state index contributed by atoms with van der Waals surface area (Å²) in [7, 11) is 1.23. The van der Waals surface area contributed by atoms with E-state index >= 15 is 0 Å². The van der Waals surface area contributed by atoms with Gasteiger partial charge in [-0.25, -0.2) is 4.79 Å². The zero-order valence-electron chi connectivity index (χ0n) is 5.02. The third-order valence-corrected chi connectivity index (χ3v) is 0.707. The number of amides is 1. The van der Waals surface area contributed by atoms with Crippen LogP contribution in [-0.4, -0.2) is 13.0 Å². The van der Waals surface area contributed by atoms with Crippen LogP contribution in [0, 0.1) is 5.21 Å². The second kappa shape index (κ2) is 2.59. The number of quaternary nitrogens is 1. The number of carbonyl (C=O) groups excluding carboxylic acids is 1. The summed E-state index contributed by atoms with van der Waals surface area (Å²) in [5.74, 6) is -0.481. The van der Waals surface area contributed by atoms with E-state index in [0.717, 1.165) is 0 Å². The minimum Gasteiger partial charge on any atom is -0.627 e. The van der Waals surface area contributed by atoms with Crippen LogP contribution >= 0.6 is 0 Å². The average molecular weight is 115 g/mol. The Morgan fingerprint density at radius 2 is 2.12 bits per heavy atom. The van der Waals surface area contributed by atoms with E-state index in [1.165, 1.54) is 14.0 Å². The molecule has 0 fully saturated rings. The lowest BCUT2D eigenvalue weighted by Crippen LogP contribution is -3.07. The van der Waals surface area contributed by atoms with Crippen molar-refractivity contribution in [1.29, 1.82) is 0 Å². The van der Waals surface area contributed by atoms with Gasteiger partial charge in [0.25, 0.3) is 0 Å². The van der Waals surface area contributed by atoms with Gasteiger partial charge in [-0.05, 0) is 6.92 Å². The van der Waals surface area contributed by atoms with Crippen molar-refractivity contribution in [2.75, 3.05) is 7.05 Å². The fraction of sp³-hybridized carbons (Fsp3) is 0.400. The van der Waals surface area contributed by atoms with E-state index in [2.05, 4.69) is 6.58 Å². The molecule has 0 saturated heterocycles. The zero-order valence-corrected chi connectivity index (χ0v) is 5.02. The van der Waals surface area contributed by atoms with Crippen LogP contribution in [0.15, 0.2) is 12.2 Å². The first kappa shape index (κ1) is 7.33. The highest BCUT2D eigenvalue weighted by atomic mass is 16.5. The molecule has 0 radical (unpaired) electrons. The van der Waals surface area contributed by atoms with E-state index in [9.17, 15) is 10.0 Å². The highest BCUT2D eigenvalue weighted by molar-refractivity contribution is 5.84. The molecule has 0 spiro atoms. The van der Waals surface area contributed by atoms with E-state index in [1.54, 1.807) is 0 Å². The first-order valence-electron chi connectivity index (χ1n) is 2.26. The Bertz CT molecular complexity index is 118. The maximum absolute atomic E-state index is 10.4. The van der Waals surface area contributed by atoms with Crippen LogP contribution in [0.3, 0.4) is 0 Å². The molecular weight excluding hydrogens is 106 g/mol. The molecule has 3 nitrogen and oxygen atoms in total. The van der Waals surface area contributed by atoms with Crippen molar-refractivity contribution in [3.8, 4) is 0 Å². The third-order valence-electron chi connectivity index (χ3n) is 0.707. The summed E-state index contributed by atoms with van der Waals surface area (Å²) in [6.45, 7) is 4.82. The largest absolute Gasteiger partial charge is 0.627 e. The van der Waals surface area contributed by atoms with Gasteiger partial charge in [0.05, 0.1) is 7.05 Å². The van der Waals surface area contributed by atoms with Gasteiger partial charge >= 0.3 is 5.91 Å². The fourth-order valence-electron chi connectivity index (χ4n) is 0.301. The predicted octanol–water partition coefficient (Wildman–Crippen LogP) is -0.898. The first-order chi connectivity index (χ1) is 3.55. The fourth-order valence-corrected chi connectivity index (χ4v) is 0.301. The summed E-state index contributed by atoms with van der Waals surface area (Å²) in [6, 6.07) is 0. The van der Waals surface area contributed by atoms with E-state index < -0.39 is 11.0 Å². The monoisotopic (exact) mass is 115 g/mol. The molecule has 0 bridgehead atoms. The molecule has 3 heteroatoms. The topological polar surface area (TPSA) is 44.6 Å². The normalized spacial score (nSPS) is 12.9. The molecular formula is C5H9NO2. The van der Waals surface area contributed by atoms with Gasteiger partial charge in [0, 0.05) is 5.57 Å². The highest BCUT2D eigenvalue weighted by Crippen LogP contribution is 1.78. The van der Waals surface area contributed by atoms with E-state index in [-0.39, 0.29) is 0 Å². The minimum absolute atomic E-state index is 0.303. The number of hydrogen-bond donors (Lipinski definition) is 1. The molecule has 46 valence electrons. The Kier molecular flexibility index (Phi) is 2.37. The maximum atomic E-state index is 10.4. The summed E-state index contributed by atoms with van der Waals surface area (Å²) in [5, 5.41) is 9.73. The molecule has 8 heavy (non-hydrogen) atoms. The number of carbonyl (C=O) groups is 1. The maximum Gasteiger partial charge on any atom is 0.339 e. The van der Waals surface area contributed by atoms with Crippen LogP contribution in [0.5, 0.6) is 0 Å². The highest BCUT2D eigenvalue weighted by Gasteiger charge is 2.04. The van der Waals surface area contributed by atoms with Crippen LogP contribution in [0.25, 0.3) is 0 Å². The van der Waals surface area contributed by atoms with Gasteiger partial charge in [-0.1, -0.05) is 6.58 Å². The Morgan fingerprint density at radius 3 is 2.12 bits per heavy atom. The van der Waals surface area contributed by atoms with Gasteiger partial charge in [-0.2, -0.15) is 0 Å². The lowest BCUT2D eigenvalue weighted by atomic mass is 10.3. The average Bonchev–Trinajstić information content (AvgIpc) is 1.64. The first-order valence-corrected chi connectivity index (χ1v) is 2.26. The number of hydroxylamine groups is 2. The Hall–Kier alpha value is -0.670. The van der Waals surface area contributed by atoms with Crippen LogP contribution in [-0.2, 0) is 4.79 Å². The minimum atomic E-state index is -0.481. The molecule has 1 unspecified atom stereocenters. The van der Waals surface area contributed by atoms with Crippen LogP contribution in [0.1, 0.15) is 6.92 Å². The number of rotatable bonds is 1. The summed E-state index contributed by atoms with van der Waals surface area (Å²) >= 11 is 0. The van der Waals surface area contributed by atoms with Crippen molar-refractivity contribution < 1.29 is 9.86 Å². The van der Waals surface area contributed by atoms with E-state index in [1.807, 2.05) is 0 Å². The molecule has 0 aromatic heterocycles. The zero-order chi connectivity index (χ0) is 6.73. The van der Waals surface area contributed by atoms with Crippen molar-refractivity contribution in [3.05, 3.63) is 17.4 Å². The Labute approximate surface area is 48.2 Å². The van der Waals surface area contributed by atoms with Crippen molar-refractivity contribution in [2.45, 2.75) is 6.92 Å². The molecule has 0 heterocycles. The molecule has 0 aromatic carbocycles. The second-order valence-corrected chi connectivity index (χ2v) is 1.67. The number of likely N-dealkylation sites (N-methyl/N-ethyl adjacent to an activating group) is 1. The van der Waals surface area contributed by atoms with Gasteiger partial charge in [0.15, 0.2) is 0 Å². The number of hydrogen-bond acceptors (Lipinski definition) is 2. The Morgan fingerprint density at radius 1 is 1.75 bits per heavy atom. The summed E-state index contributed by atoms with van der Waals surface area (Å²) < 4.78 is 0. The molecule has 0 aromatic rings. The summed E-state index contributed by atoms with van der Waals surface area (Å²) in [5.41, 5.74) is 0.303. The summed E-state index contributed by atoms with van der Waals surface area (Å²) in [4.78, 5) is 10.4. The van der Waals surface area contributed by atoms with Crippen LogP contribution in [0.2, 0.25) is 0 Å². The molecule has 0 aliphatic heterocycles. The van der Waals surface area contributed by atoms with E-state index in [4.69, 9.17) is 0 Å². The van der Waals surface area contributed by atoms with Gasteiger partial charge in [-0.3, -0.25) is 0 Å². The van der Waals surface area contributed by atoms with Crippen molar-refractivity contribution >= 4 is 5.91 Å². The van der Waals surface area contributed by atoms with Gasteiger partial charge < -0.3 is 10.3 Å². The molecule has 1 N–H and O–H groups in total. The van der Waals surface area contributed by atoms with E-state index in [0.29, 0.717) is 5.57 Å². The molecule has 1 atom stereocenters. The van der Waals surface area contributed by atoms with Gasteiger partial charge in [-0.15, -0.1) is 0 Å². The quantitative estimate of drug-likeness (QED) is 0.355. The van der Waals surface area contributed by atoms with Crippen LogP contribution < -0.4 is 5.06 Å². The predicted molar refractivity (Wildman–Crippen MR) is 30.1 cm³/mol. The van der Waals surface area contributed by atoms with Crippen molar-refractivity contribution in [1.82, 2.24) is 0 Å². The second-order valence-electron chi connectivity index (χ2n) is 1.67. The molecule has 0 aliphatic carbocycles. The lowest BCUT2D eigenvalue weighted by molar-refractivity contribution is -0.738. The van der Waals surface area contributed by atoms with Crippen molar-refractivity contribution in [2.24, 2.45) is 0 Å². The molecule has 0 rings (SSSR count). The Balaban J connectivity index is 3.84. The SMILES string of the molecule is C=C(C)C(=O)[NH+](C)[O-]. The third kappa shape index (κ3) is 1.86.